The number of anilines is 1. The number of aliphatic hydroxyl groups is 1. The fourth-order valence-electron chi connectivity index (χ4n) is 2.35. The van der Waals surface area contributed by atoms with Gasteiger partial charge in [0.1, 0.15) is 0 Å². The van der Waals surface area contributed by atoms with Crippen molar-refractivity contribution >= 4 is 22.3 Å². The van der Waals surface area contributed by atoms with Gasteiger partial charge in [-0.1, -0.05) is 0 Å². The van der Waals surface area contributed by atoms with Crippen LogP contribution in [0.25, 0.3) is 10.9 Å². The van der Waals surface area contributed by atoms with Gasteiger partial charge in [0, 0.05) is 42.0 Å². The van der Waals surface area contributed by atoms with E-state index in [0.29, 0.717) is 13.1 Å². The Morgan fingerprint density at radius 2 is 2.16 bits per heavy atom. The molecule has 0 aliphatic carbocycles. The van der Waals surface area contributed by atoms with E-state index < -0.39 is 4.92 Å². The van der Waals surface area contributed by atoms with Gasteiger partial charge in [-0.25, -0.2) is 0 Å². The van der Waals surface area contributed by atoms with Gasteiger partial charge in [0.25, 0.3) is 5.69 Å². The fraction of sp³-hybridized carbons (Fsp3) is 0.308. The number of fused-ring (bicyclic) bond motifs is 1. The number of hydrogen-bond acceptors (Lipinski definition) is 5. The van der Waals surface area contributed by atoms with Crippen LogP contribution in [-0.4, -0.2) is 34.2 Å². The molecule has 0 amide bonds. The molecule has 1 aliphatic heterocycles. The zero-order valence-corrected chi connectivity index (χ0v) is 10.4. The Bertz CT molecular complexity index is 665. The maximum Gasteiger partial charge on any atom is 0.270 e. The Morgan fingerprint density at radius 1 is 1.42 bits per heavy atom. The van der Waals surface area contributed by atoms with Crippen LogP contribution < -0.4 is 4.90 Å². The quantitative estimate of drug-likeness (QED) is 0.655. The molecule has 6 heteroatoms. The smallest absolute Gasteiger partial charge is 0.270 e. The molecular weight excluding hydrogens is 246 g/mol. The average molecular weight is 259 g/mol. The van der Waals surface area contributed by atoms with Gasteiger partial charge in [-0.2, -0.15) is 0 Å². The number of pyridine rings is 1. The van der Waals surface area contributed by atoms with Crippen LogP contribution in [0.15, 0.2) is 24.3 Å². The summed E-state index contributed by atoms with van der Waals surface area (Å²) in [4.78, 5) is 16.8. The van der Waals surface area contributed by atoms with E-state index in [9.17, 15) is 15.2 Å². The summed E-state index contributed by atoms with van der Waals surface area (Å²) in [6, 6.07) is 6.57. The highest BCUT2D eigenvalue weighted by Gasteiger charge is 2.26. The standard InChI is InChI=1S/C13H13N3O3/c1-8-4-13(15-6-10(17)7-15)11-5-9(16(18)19)2-3-12(11)14-8/h2-5,10,17H,6-7H2,1H3. The summed E-state index contributed by atoms with van der Waals surface area (Å²) in [6.45, 7) is 3.00. The fourth-order valence-corrected chi connectivity index (χ4v) is 2.35. The lowest BCUT2D eigenvalue weighted by molar-refractivity contribution is -0.384. The highest BCUT2D eigenvalue weighted by atomic mass is 16.6. The summed E-state index contributed by atoms with van der Waals surface area (Å²) in [5.74, 6) is 0. The van der Waals surface area contributed by atoms with Gasteiger partial charge in [-0.05, 0) is 19.1 Å². The first-order valence-electron chi connectivity index (χ1n) is 6.03. The van der Waals surface area contributed by atoms with E-state index >= 15 is 0 Å². The lowest BCUT2D eigenvalue weighted by atomic mass is 10.1. The van der Waals surface area contributed by atoms with Crippen molar-refractivity contribution in [3.8, 4) is 0 Å². The number of hydrogen-bond donors (Lipinski definition) is 1. The molecule has 19 heavy (non-hydrogen) atoms. The van der Waals surface area contributed by atoms with E-state index in [1.807, 2.05) is 17.9 Å². The predicted octanol–water partition coefficient (Wildman–Crippen LogP) is 1.63. The third-order valence-corrected chi connectivity index (χ3v) is 3.31. The summed E-state index contributed by atoms with van der Waals surface area (Å²) in [5.41, 5.74) is 2.55. The van der Waals surface area contributed by atoms with Gasteiger partial charge < -0.3 is 10.0 Å². The highest BCUT2D eigenvalue weighted by molar-refractivity contribution is 5.93. The number of β-amino-alcohol motifs (C(OH)–C–C–N with tert-alkyl or cyclic N) is 1. The maximum absolute atomic E-state index is 10.9. The Balaban J connectivity index is 2.17. The van der Waals surface area contributed by atoms with Crippen molar-refractivity contribution in [2.75, 3.05) is 18.0 Å². The highest BCUT2D eigenvalue weighted by Crippen LogP contribution is 2.32. The molecule has 2 aromatic rings. The zero-order valence-electron chi connectivity index (χ0n) is 10.4. The van der Waals surface area contributed by atoms with Gasteiger partial charge in [-0.3, -0.25) is 15.1 Å². The van der Waals surface area contributed by atoms with Crippen LogP contribution in [0.1, 0.15) is 5.69 Å². The second kappa shape index (κ2) is 4.17. The molecule has 0 bridgehead atoms. The number of rotatable bonds is 2. The van der Waals surface area contributed by atoms with E-state index in [1.54, 1.807) is 12.1 Å². The molecule has 1 aliphatic rings. The summed E-state index contributed by atoms with van der Waals surface area (Å²) in [6.07, 6.45) is -0.317. The second-order valence-corrected chi connectivity index (χ2v) is 4.80. The third kappa shape index (κ3) is 2.00. The van der Waals surface area contributed by atoms with Gasteiger partial charge >= 0.3 is 0 Å². The Hall–Kier alpha value is -2.21. The summed E-state index contributed by atoms with van der Waals surface area (Å²) in [5, 5.41) is 21.0. The van der Waals surface area contributed by atoms with Gasteiger partial charge in [-0.15, -0.1) is 0 Å². The van der Waals surface area contributed by atoms with Gasteiger partial charge in [0.05, 0.1) is 16.5 Å². The molecule has 6 nitrogen and oxygen atoms in total. The van der Waals surface area contributed by atoms with Crippen molar-refractivity contribution in [3.05, 3.63) is 40.1 Å². The number of aromatic nitrogens is 1. The van der Waals surface area contributed by atoms with Gasteiger partial charge in [0.2, 0.25) is 0 Å². The minimum absolute atomic E-state index is 0.0560. The van der Waals surface area contributed by atoms with Crippen LogP contribution in [0.4, 0.5) is 11.4 Å². The van der Waals surface area contributed by atoms with E-state index in [2.05, 4.69) is 4.98 Å². The van der Waals surface area contributed by atoms with Crippen molar-refractivity contribution in [2.45, 2.75) is 13.0 Å². The first-order chi connectivity index (χ1) is 9.04. The van der Waals surface area contributed by atoms with Crippen LogP contribution in [-0.2, 0) is 0 Å². The SMILES string of the molecule is Cc1cc(N2CC(O)C2)c2cc([N+](=O)[O-])ccc2n1. The van der Waals surface area contributed by atoms with Crippen LogP contribution in [0, 0.1) is 17.0 Å². The van der Waals surface area contributed by atoms with E-state index in [0.717, 1.165) is 22.3 Å². The molecule has 0 saturated carbocycles. The van der Waals surface area contributed by atoms with Crippen LogP contribution in [0.2, 0.25) is 0 Å². The minimum atomic E-state index is -0.409. The molecule has 1 aromatic carbocycles. The van der Waals surface area contributed by atoms with E-state index in [1.165, 1.54) is 6.07 Å². The molecule has 1 N–H and O–H groups in total. The number of nitro groups is 1. The number of aliphatic hydroxyl groups excluding tert-OH is 1. The normalized spacial score (nSPS) is 15.6. The summed E-state index contributed by atoms with van der Waals surface area (Å²) < 4.78 is 0. The molecule has 0 spiro atoms. The Labute approximate surface area is 109 Å². The van der Waals surface area contributed by atoms with Crippen LogP contribution in [0.5, 0.6) is 0 Å². The molecule has 0 atom stereocenters. The van der Waals surface area contributed by atoms with E-state index in [4.69, 9.17) is 0 Å². The minimum Gasteiger partial charge on any atom is -0.389 e. The van der Waals surface area contributed by atoms with Crippen LogP contribution in [0.3, 0.4) is 0 Å². The Morgan fingerprint density at radius 3 is 2.79 bits per heavy atom. The van der Waals surface area contributed by atoms with Crippen molar-refractivity contribution in [3.63, 3.8) is 0 Å². The first kappa shape index (κ1) is 11.9. The molecule has 0 radical (unpaired) electrons. The zero-order chi connectivity index (χ0) is 13.6. The van der Waals surface area contributed by atoms with Gasteiger partial charge in [0.15, 0.2) is 0 Å². The predicted molar refractivity (Wildman–Crippen MR) is 71.4 cm³/mol. The lowest BCUT2D eigenvalue weighted by Gasteiger charge is -2.38. The number of nitrogens with zero attached hydrogens (tertiary/aromatic N) is 3. The second-order valence-electron chi connectivity index (χ2n) is 4.80. The third-order valence-electron chi connectivity index (χ3n) is 3.31. The molecule has 1 aromatic heterocycles. The topological polar surface area (TPSA) is 79.5 Å². The van der Waals surface area contributed by atoms with Crippen molar-refractivity contribution in [2.24, 2.45) is 0 Å². The number of nitro benzene ring substituents is 1. The van der Waals surface area contributed by atoms with Crippen molar-refractivity contribution in [1.29, 1.82) is 0 Å². The monoisotopic (exact) mass is 259 g/mol. The number of aryl methyl sites for hydroxylation is 1. The molecule has 0 unspecified atom stereocenters. The van der Waals surface area contributed by atoms with E-state index in [-0.39, 0.29) is 11.8 Å². The molecule has 3 rings (SSSR count). The molecule has 98 valence electrons. The van der Waals surface area contributed by atoms with Crippen molar-refractivity contribution in [1.82, 2.24) is 4.98 Å². The summed E-state index contributed by atoms with van der Waals surface area (Å²) >= 11 is 0. The molecule has 2 heterocycles. The summed E-state index contributed by atoms with van der Waals surface area (Å²) in [7, 11) is 0. The number of benzene rings is 1. The molecule has 1 saturated heterocycles. The molecular formula is C13H13N3O3. The lowest BCUT2D eigenvalue weighted by Crippen LogP contribution is -2.50. The van der Waals surface area contributed by atoms with Crippen LogP contribution >= 0.6 is 0 Å². The number of non-ortho nitro benzene ring substituents is 1. The maximum atomic E-state index is 10.9. The largest absolute Gasteiger partial charge is 0.389 e. The van der Waals surface area contributed by atoms with Crippen molar-refractivity contribution < 1.29 is 10.0 Å². The average Bonchev–Trinajstić information content (AvgIpc) is 2.33. The molecule has 1 fully saturated rings. The first-order valence-corrected chi connectivity index (χ1v) is 6.03. The Kier molecular flexibility index (Phi) is 2.60.